The van der Waals surface area contributed by atoms with Crippen molar-refractivity contribution in [1.82, 2.24) is 24.7 Å². The van der Waals surface area contributed by atoms with Crippen LogP contribution < -0.4 is 0 Å². The maximum Gasteiger partial charge on any atom is 0.164 e. The Kier molecular flexibility index (Phi) is 2.96. The van der Waals surface area contributed by atoms with Gasteiger partial charge in [-0.2, -0.15) is 5.10 Å². The van der Waals surface area contributed by atoms with Crippen LogP contribution in [0, 0.1) is 6.92 Å². The van der Waals surface area contributed by atoms with Crippen LogP contribution in [0.25, 0.3) is 11.0 Å². The molecule has 8 heteroatoms. The van der Waals surface area contributed by atoms with E-state index in [4.69, 9.17) is 4.74 Å². The Hall–Kier alpha value is -2.29. The lowest BCUT2D eigenvalue weighted by atomic mass is 10.1. The highest BCUT2D eigenvalue weighted by atomic mass is 16.6. The Bertz CT molecular complexity index is 800. The molecule has 3 aromatic rings. The van der Waals surface area contributed by atoms with Crippen LogP contribution in [0.4, 0.5) is 0 Å². The summed E-state index contributed by atoms with van der Waals surface area (Å²) < 4.78 is 7.57. The van der Waals surface area contributed by atoms with Crippen LogP contribution in [-0.2, 0) is 4.74 Å². The van der Waals surface area contributed by atoms with Gasteiger partial charge in [0.2, 0.25) is 0 Å². The zero-order valence-electron chi connectivity index (χ0n) is 11.8. The second kappa shape index (κ2) is 4.87. The number of ether oxygens (including phenoxy) is 1. The van der Waals surface area contributed by atoms with E-state index in [1.165, 1.54) is 6.33 Å². The highest BCUT2D eigenvalue weighted by Gasteiger charge is 2.45. The molecule has 3 N–H and O–H groups in total. The molecule has 1 aliphatic rings. The van der Waals surface area contributed by atoms with Crippen molar-refractivity contribution >= 4 is 11.0 Å². The number of nitrogens with one attached hydrogen (secondary N) is 1. The number of aliphatic hydroxyl groups is 2. The number of hydrogen-bond acceptors (Lipinski definition) is 6. The van der Waals surface area contributed by atoms with Crippen molar-refractivity contribution in [3.63, 3.8) is 0 Å². The predicted octanol–water partition coefficient (Wildman–Crippen LogP) is 0.455. The van der Waals surface area contributed by atoms with E-state index in [0.717, 1.165) is 11.1 Å². The largest absolute Gasteiger partial charge is 0.387 e. The number of aromatic amines is 1. The molecular formula is C14H15N5O3. The summed E-state index contributed by atoms with van der Waals surface area (Å²) in [6.45, 7) is 1.89. The van der Waals surface area contributed by atoms with Crippen molar-refractivity contribution in [2.24, 2.45) is 0 Å². The highest BCUT2D eigenvalue weighted by molar-refractivity contribution is 5.78. The number of nitrogens with zero attached hydrogens (tertiary/aromatic N) is 4. The molecule has 0 saturated carbocycles. The van der Waals surface area contributed by atoms with Gasteiger partial charge in [0, 0.05) is 17.8 Å². The Labute approximate surface area is 125 Å². The number of aromatic nitrogens is 5. The molecule has 0 aromatic carbocycles. The number of fused-ring (bicyclic) bond motifs is 1. The molecule has 8 nitrogen and oxygen atoms in total. The van der Waals surface area contributed by atoms with Crippen molar-refractivity contribution in [3.05, 3.63) is 42.2 Å². The van der Waals surface area contributed by atoms with Gasteiger partial charge in [0.25, 0.3) is 0 Å². The number of rotatable bonds is 2. The first-order valence-electron chi connectivity index (χ1n) is 6.96. The summed E-state index contributed by atoms with van der Waals surface area (Å²) in [6, 6.07) is 3.58. The third-order valence-corrected chi connectivity index (χ3v) is 4.05. The second-order valence-corrected chi connectivity index (χ2v) is 5.36. The maximum atomic E-state index is 10.4. The van der Waals surface area contributed by atoms with Crippen molar-refractivity contribution < 1.29 is 14.9 Å². The van der Waals surface area contributed by atoms with Crippen molar-refractivity contribution in [1.29, 1.82) is 0 Å². The third kappa shape index (κ3) is 1.85. The van der Waals surface area contributed by atoms with E-state index in [1.54, 1.807) is 23.0 Å². The molecule has 4 rings (SSSR count). The minimum absolute atomic E-state index is 0.622. The van der Waals surface area contributed by atoms with Crippen LogP contribution >= 0.6 is 0 Å². The molecule has 1 saturated heterocycles. The number of H-pyrrole nitrogens is 1. The zero-order chi connectivity index (χ0) is 15.3. The lowest BCUT2D eigenvalue weighted by molar-refractivity contribution is -0.0367. The van der Waals surface area contributed by atoms with Crippen LogP contribution in [0.5, 0.6) is 0 Å². The van der Waals surface area contributed by atoms with E-state index >= 15 is 0 Å². The van der Waals surface area contributed by atoms with Crippen molar-refractivity contribution in [2.75, 3.05) is 0 Å². The van der Waals surface area contributed by atoms with Gasteiger partial charge in [-0.1, -0.05) is 0 Å². The average molecular weight is 301 g/mol. The second-order valence-electron chi connectivity index (χ2n) is 5.36. The van der Waals surface area contributed by atoms with Crippen LogP contribution in [0.1, 0.15) is 23.7 Å². The summed E-state index contributed by atoms with van der Waals surface area (Å²) >= 11 is 0. The molecule has 1 aliphatic heterocycles. The fourth-order valence-electron chi connectivity index (χ4n) is 2.87. The predicted molar refractivity (Wildman–Crippen MR) is 75.7 cm³/mol. The molecular weight excluding hydrogens is 286 g/mol. The Morgan fingerprint density at radius 3 is 2.86 bits per heavy atom. The van der Waals surface area contributed by atoms with E-state index in [2.05, 4.69) is 20.2 Å². The molecule has 0 aliphatic carbocycles. The summed E-state index contributed by atoms with van der Waals surface area (Å²) in [5.41, 5.74) is 2.13. The third-order valence-electron chi connectivity index (χ3n) is 4.05. The summed E-state index contributed by atoms with van der Waals surface area (Å²) in [4.78, 5) is 8.40. The van der Waals surface area contributed by atoms with Gasteiger partial charge in [-0.05, 0) is 19.1 Å². The van der Waals surface area contributed by atoms with Gasteiger partial charge in [-0.15, -0.1) is 0 Å². The van der Waals surface area contributed by atoms with E-state index in [-0.39, 0.29) is 0 Å². The van der Waals surface area contributed by atoms with Gasteiger partial charge in [0.1, 0.15) is 30.3 Å². The van der Waals surface area contributed by atoms with Gasteiger partial charge in [0.05, 0.1) is 11.4 Å². The Morgan fingerprint density at radius 2 is 2.09 bits per heavy atom. The standard InChI is InChI=1S/C14H15N5O3/c1-7-8-3-5-19(13(8)16-6-15-7)14-11(21)10(20)12(22-14)9-2-4-17-18-9/h2-6,10-12,14,20-21H,1H3,(H,17,18)/t10-,11+,12-,14+/m0/s1. The Balaban J connectivity index is 1.74. The number of aliphatic hydroxyl groups excluding tert-OH is 2. The summed E-state index contributed by atoms with van der Waals surface area (Å²) in [5, 5.41) is 28.1. The molecule has 3 aromatic heterocycles. The smallest absolute Gasteiger partial charge is 0.164 e. The van der Waals surface area contributed by atoms with Crippen molar-refractivity contribution in [2.45, 2.75) is 31.5 Å². The monoisotopic (exact) mass is 301 g/mol. The topological polar surface area (TPSA) is 109 Å². The zero-order valence-corrected chi connectivity index (χ0v) is 11.8. The van der Waals surface area contributed by atoms with E-state index < -0.39 is 24.5 Å². The molecule has 0 unspecified atom stereocenters. The lowest BCUT2D eigenvalue weighted by Gasteiger charge is -2.17. The minimum atomic E-state index is -1.07. The number of hydrogen-bond donors (Lipinski definition) is 3. The fourth-order valence-corrected chi connectivity index (χ4v) is 2.87. The van der Waals surface area contributed by atoms with Gasteiger partial charge in [0.15, 0.2) is 6.23 Å². The van der Waals surface area contributed by atoms with Gasteiger partial charge >= 0.3 is 0 Å². The molecule has 1 fully saturated rings. The molecule has 114 valence electrons. The molecule has 4 heterocycles. The van der Waals surface area contributed by atoms with E-state index in [9.17, 15) is 10.2 Å². The first kappa shape index (κ1) is 13.4. The van der Waals surface area contributed by atoms with Crippen LogP contribution in [0.3, 0.4) is 0 Å². The molecule has 4 atom stereocenters. The normalized spacial score (nSPS) is 28.5. The quantitative estimate of drug-likeness (QED) is 0.634. The summed E-state index contributed by atoms with van der Waals surface area (Å²) in [5.74, 6) is 0. The fraction of sp³-hybridized carbons (Fsp3) is 0.357. The summed E-state index contributed by atoms with van der Waals surface area (Å²) in [7, 11) is 0. The van der Waals surface area contributed by atoms with Crippen molar-refractivity contribution in [3.8, 4) is 0 Å². The SMILES string of the molecule is Cc1ncnc2c1ccn2[C@@H]1O[C@@H](c2ccn[nH]2)[C@@H](O)[C@H]1O. The molecule has 0 spiro atoms. The minimum Gasteiger partial charge on any atom is -0.387 e. The number of aryl methyl sites for hydroxylation is 1. The van der Waals surface area contributed by atoms with E-state index in [0.29, 0.717) is 11.3 Å². The highest BCUT2D eigenvalue weighted by Crippen LogP contribution is 2.39. The first-order valence-corrected chi connectivity index (χ1v) is 6.96. The van der Waals surface area contributed by atoms with Crippen LogP contribution in [-0.4, -0.2) is 47.2 Å². The lowest BCUT2D eigenvalue weighted by Crippen LogP contribution is -2.29. The average Bonchev–Trinajstić information content (AvgIpc) is 3.21. The first-order chi connectivity index (χ1) is 10.7. The maximum absolute atomic E-state index is 10.4. The Morgan fingerprint density at radius 1 is 1.23 bits per heavy atom. The molecule has 0 radical (unpaired) electrons. The van der Waals surface area contributed by atoms with Gasteiger partial charge in [-0.3, -0.25) is 5.10 Å². The van der Waals surface area contributed by atoms with E-state index in [1.807, 2.05) is 13.0 Å². The van der Waals surface area contributed by atoms with Crippen LogP contribution in [0.2, 0.25) is 0 Å². The molecule has 0 amide bonds. The van der Waals surface area contributed by atoms with Gasteiger partial charge < -0.3 is 19.5 Å². The van der Waals surface area contributed by atoms with Crippen LogP contribution in [0.15, 0.2) is 30.9 Å². The van der Waals surface area contributed by atoms with Gasteiger partial charge in [-0.25, -0.2) is 9.97 Å². The summed E-state index contributed by atoms with van der Waals surface area (Å²) in [6.07, 6.45) is 1.32. The molecule has 0 bridgehead atoms. The molecule has 22 heavy (non-hydrogen) atoms.